The number of carbonyl (C=O) groups excluding carboxylic acids is 2. The van der Waals surface area contributed by atoms with Crippen LogP contribution in [0.3, 0.4) is 0 Å². The molecule has 2 unspecified atom stereocenters. The van der Waals surface area contributed by atoms with Gasteiger partial charge in [0, 0.05) is 49.4 Å². The SMILES string of the molecule is COc1cc(C(=O)N2CC(NC(=O)OC(C)(C)C)CCC2C)cc2nc(-c3cc4cccnc4n3CC3CC3)n(C)c12. The third-order valence-corrected chi connectivity index (χ3v) is 8.29. The molecular weight excluding hydrogens is 532 g/mol. The molecule has 1 aromatic carbocycles. The summed E-state index contributed by atoms with van der Waals surface area (Å²) in [6.07, 6.45) is 5.39. The minimum absolute atomic E-state index is 0.0285. The molecule has 0 bridgehead atoms. The van der Waals surface area contributed by atoms with Gasteiger partial charge in [-0.25, -0.2) is 14.8 Å². The van der Waals surface area contributed by atoms with E-state index in [1.54, 1.807) is 13.2 Å². The van der Waals surface area contributed by atoms with Crippen LogP contribution in [0.4, 0.5) is 4.79 Å². The summed E-state index contributed by atoms with van der Waals surface area (Å²) in [6, 6.07) is 9.69. The van der Waals surface area contributed by atoms with Crippen molar-refractivity contribution in [2.45, 2.75) is 77.6 Å². The number of alkyl carbamates (subject to hydrolysis) is 1. The average molecular weight is 573 g/mol. The second kappa shape index (κ2) is 10.6. The Hall–Kier alpha value is -4.08. The summed E-state index contributed by atoms with van der Waals surface area (Å²) in [4.78, 5) is 37.9. The zero-order valence-electron chi connectivity index (χ0n) is 25.3. The number of nitrogens with zero attached hydrogens (tertiary/aromatic N) is 5. The van der Waals surface area contributed by atoms with E-state index >= 15 is 0 Å². The first-order chi connectivity index (χ1) is 20.0. The lowest BCUT2D eigenvalue weighted by molar-refractivity contribution is 0.0412. The Labute approximate surface area is 246 Å². The lowest BCUT2D eigenvalue weighted by Crippen LogP contribution is -2.53. The largest absolute Gasteiger partial charge is 0.494 e. The number of methoxy groups -OCH3 is 1. The Morgan fingerprint density at radius 2 is 1.90 bits per heavy atom. The van der Waals surface area contributed by atoms with Gasteiger partial charge in [0.25, 0.3) is 5.91 Å². The minimum Gasteiger partial charge on any atom is -0.494 e. The molecule has 1 saturated carbocycles. The molecule has 2 aliphatic rings. The highest BCUT2D eigenvalue weighted by Gasteiger charge is 2.32. The average Bonchev–Trinajstić information content (AvgIpc) is 3.61. The zero-order chi connectivity index (χ0) is 29.8. The molecule has 2 fully saturated rings. The number of hydrogen-bond donors (Lipinski definition) is 1. The van der Waals surface area contributed by atoms with Crippen LogP contribution in [0.2, 0.25) is 0 Å². The van der Waals surface area contributed by atoms with Gasteiger partial charge in [-0.15, -0.1) is 0 Å². The van der Waals surface area contributed by atoms with Crippen molar-refractivity contribution in [3.8, 4) is 17.3 Å². The maximum absolute atomic E-state index is 13.9. The van der Waals surface area contributed by atoms with Crippen LogP contribution in [0.5, 0.6) is 5.75 Å². The second-order valence-electron chi connectivity index (χ2n) is 12.8. The molecule has 1 aliphatic carbocycles. The maximum Gasteiger partial charge on any atom is 0.407 e. The summed E-state index contributed by atoms with van der Waals surface area (Å²) in [5, 5.41) is 4.02. The number of fused-ring (bicyclic) bond motifs is 2. The van der Waals surface area contributed by atoms with Gasteiger partial charge < -0.3 is 28.8 Å². The van der Waals surface area contributed by atoms with Crippen LogP contribution in [0, 0.1) is 5.92 Å². The Kier molecular flexibility index (Phi) is 7.11. The fourth-order valence-electron chi connectivity index (χ4n) is 5.98. The smallest absolute Gasteiger partial charge is 0.407 e. The van der Waals surface area contributed by atoms with E-state index in [1.807, 2.05) is 62.5 Å². The van der Waals surface area contributed by atoms with Crippen molar-refractivity contribution in [2.75, 3.05) is 13.7 Å². The number of likely N-dealkylation sites (tertiary alicyclic amines) is 1. The molecular formula is C32H40N6O4. The highest BCUT2D eigenvalue weighted by molar-refractivity contribution is 6.00. The predicted octanol–water partition coefficient (Wildman–Crippen LogP) is 5.53. The zero-order valence-corrected chi connectivity index (χ0v) is 25.3. The van der Waals surface area contributed by atoms with Crippen LogP contribution in [-0.2, 0) is 18.3 Å². The summed E-state index contributed by atoms with van der Waals surface area (Å²) in [7, 11) is 3.61. The van der Waals surface area contributed by atoms with Crippen LogP contribution in [-0.4, -0.2) is 67.3 Å². The Morgan fingerprint density at radius 1 is 1.12 bits per heavy atom. The molecule has 6 rings (SSSR count). The number of amides is 2. The topological polar surface area (TPSA) is 104 Å². The van der Waals surface area contributed by atoms with E-state index in [1.165, 1.54) is 12.8 Å². The summed E-state index contributed by atoms with van der Waals surface area (Å²) in [5.41, 5.74) is 3.41. The van der Waals surface area contributed by atoms with Gasteiger partial charge in [-0.05, 0) is 89.6 Å². The number of nitrogens with one attached hydrogen (secondary N) is 1. The van der Waals surface area contributed by atoms with Gasteiger partial charge in [0.15, 0.2) is 5.82 Å². The Balaban J connectivity index is 1.33. The number of aromatic nitrogens is 4. The third kappa shape index (κ3) is 5.42. The molecule has 10 nitrogen and oxygen atoms in total. The van der Waals surface area contributed by atoms with Crippen LogP contribution >= 0.6 is 0 Å². The number of carbonyl (C=O) groups is 2. The van der Waals surface area contributed by atoms with Gasteiger partial charge in [0.1, 0.15) is 22.5 Å². The van der Waals surface area contributed by atoms with Crippen molar-refractivity contribution in [1.82, 2.24) is 29.3 Å². The Bertz CT molecular complexity index is 1660. The molecule has 4 heterocycles. The van der Waals surface area contributed by atoms with Crippen LogP contribution in [0.25, 0.3) is 33.6 Å². The minimum atomic E-state index is -0.585. The maximum atomic E-state index is 13.9. The van der Waals surface area contributed by atoms with E-state index in [0.717, 1.165) is 47.5 Å². The van der Waals surface area contributed by atoms with Crippen molar-refractivity contribution in [1.29, 1.82) is 0 Å². The first-order valence-corrected chi connectivity index (χ1v) is 14.8. The normalized spacial score (nSPS) is 19.3. The lowest BCUT2D eigenvalue weighted by atomic mass is 9.98. The fourth-order valence-corrected chi connectivity index (χ4v) is 5.98. The van der Waals surface area contributed by atoms with Crippen molar-refractivity contribution < 1.29 is 19.1 Å². The van der Waals surface area contributed by atoms with Crippen LogP contribution < -0.4 is 10.1 Å². The van der Waals surface area contributed by atoms with E-state index in [0.29, 0.717) is 29.3 Å². The van der Waals surface area contributed by atoms with Gasteiger partial charge in [-0.2, -0.15) is 0 Å². The third-order valence-electron chi connectivity index (χ3n) is 8.29. The molecule has 2 amide bonds. The number of ether oxygens (including phenoxy) is 2. The van der Waals surface area contributed by atoms with E-state index < -0.39 is 11.7 Å². The number of imidazole rings is 1. The van der Waals surface area contributed by atoms with Gasteiger partial charge in [0.2, 0.25) is 0 Å². The number of pyridine rings is 1. The van der Waals surface area contributed by atoms with E-state index in [2.05, 4.69) is 27.0 Å². The molecule has 42 heavy (non-hydrogen) atoms. The number of rotatable bonds is 6. The number of piperidine rings is 1. The fraction of sp³-hybridized carbons (Fsp3) is 0.500. The van der Waals surface area contributed by atoms with E-state index in [4.69, 9.17) is 14.5 Å². The van der Waals surface area contributed by atoms with Gasteiger partial charge in [-0.1, -0.05) is 0 Å². The van der Waals surface area contributed by atoms with Crippen LogP contribution in [0.1, 0.15) is 63.7 Å². The second-order valence-corrected chi connectivity index (χ2v) is 12.8. The van der Waals surface area contributed by atoms with Crippen molar-refractivity contribution >= 4 is 34.1 Å². The monoisotopic (exact) mass is 572 g/mol. The summed E-state index contributed by atoms with van der Waals surface area (Å²) < 4.78 is 15.6. The quantitative estimate of drug-likeness (QED) is 0.326. The first kappa shape index (κ1) is 28.1. The predicted molar refractivity (Wildman–Crippen MR) is 162 cm³/mol. The molecule has 10 heteroatoms. The molecule has 4 aromatic rings. The van der Waals surface area contributed by atoms with Crippen LogP contribution in [0.15, 0.2) is 36.5 Å². The van der Waals surface area contributed by atoms with Gasteiger partial charge in [-0.3, -0.25) is 4.79 Å². The summed E-state index contributed by atoms with van der Waals surface area (Å²) in [6.45, 7) is 8.86. The van der Waals surface area contributed by atoms with Crippen molar-refractivity contribution in [3.63, 3.8) is 0 Å². The molecule has 1 aliphatic heterocycles. The highest BCUT2D eigenvalue weighted by atomic mass is 16.6. The highest BCUT2D eigenvalue weighted by Crippen LogP contribution is 2.37. The summed E-state index contributed by atoms with van der Waals surface area (Å²) in [5.74, 6) is 1.94. The standard InChI is InChI=1S/C32H40N6O4/c1-19-9-12-23(34-31(40)42-32(2,3)4)18-37(19)30(39)22-14-24-27(26(16-22)41-6)36(5)29(35-24)25-15-21-8-7-13-33-28(21)38(25)17-20-10-11-20/h7-8,13-16,19-20,23H,9-12,17-18H2,1-6H3,(H,34,40). The van der Waals surface area contributed by atoms with Gasteiger partial charge >= 0.3 is 6.09 Å². The van der Waals surface area contributed by atoms with E-state index in [-0.39, 0.29) is 18.0 Å². The van der Waals surface area contributed by atoms with Gasteiger partial charge in [0.05, 0.1) is 18.3 Å². The molecule has 222 valence electrons. The first-order valence-electron chi connectivity index (χ1n) is 14.8. The molecule has 1 N–H and O–H groups in total. The molecule has 3 aromatic heterocycles. The molecule has 0 radical (unpaired) electrons. The van der Waals surface area contributed by atoms with Crippen molar-refractivity contribution in [3.05, 3.63) is 42.1 Å². The van der Waals surface area contributed by atoms with Crippen molar-refractivity contribution in [2.24, 2.45) is 13.0 Å². The molecule has 1 saturated heterocycles. The lowest BCUT2D eigenvalue weighted by Gasteiger charge is -2.38. The molecule has 0 spiro atoms. The number of hydrogen-bond acceptors (Lipinski definition) is 6. The summed E-state index contributed by atoms with van der Waals surface area (Å²) >= 11 is 0. The number of benzene rings is 1. The van der Waals surface area contributed by atoms with E-state index in [9.17, 15) is 9.59 Å². The molecule has 2 atom stereocenters. The number of aryl methyl sites for hydroxylation is 1. The Morgan fingerprint density at radius 3 is 2.62 bits per heavy atom.